The SMILES string of the molecule is CCN(CC)C(=O)C(C)Oc1ccc([C@H](C)O)cc1. The zero-order valence-electron chi connectivity index (χ0n) is 12.1. The number of likely N-dealkylation sites (N-methyl/N-ethyl adjacent to an activating group) is 1. The molecule has 4 nitrogen and oxygen atoms in total. The van der Waals surface area contributed by atoms with Crippen LogP contribution in [0.2, 0.25) is 0 Å². The highest BCUT2D eigenvalue weighted by Crippen LogP contribution is 2.18. The van der Waals surface area contributed by atoms with E-state index in [-0.39, 0.29) is 5.91 Å². The van der Waals surface area contributed by atoms with Crippen molar-refractivity contribution in [2.24, 2.45) is 0 Å². The molecule has 19 heavy (non-hydrogen) atoms. The number of aliphatic hydroxyl groups is 1. The first-order valence-electron chi connectivity index (χ1n) is 6.73. The lowest BCUT2D eigenvalue weighted by atomic mass is 10.1. The first kappa shape index (κ1) is 15.5. The second-order valence-electron chi connectivity index (χ2n) is 4.52. The number of rotatable bonds is 6. The van der Waals surface area contributed by atoms with E-state index in [1.165, 1.54) is 0 Å². The smallest absolute Gasteiger partial charge is 0.263 e. The number of benzene rings is 1. The van der Waals surface area contributed by atoms with Crippen molar-refractivity contribution >= 4 is 5.91 Å². The number of carbonyl (C=O) groups is 1. The molecule has 0 fully saturated rings. The van der Waals surface area contributed by atoms with Crippen LogP contribution in [-0.2, 0) is 4.79 Å². The molecule has 1 unspecified atom stereocenters. The maximum absolute atomic E-state index is 12.0. The Labute approximate surface area is 115 Å². The number of ether oxygens (including phenoxy) is 1. The van der Waals surface area contributed by atoms with Gasteiger partial charge in [0.15, 0.2) is 6.10 Å². The minimum Gasteiger partial charge on any atom is -0.481 e. The standard InChI is InChI=1S/C15H23NO3/c1-5-16(6-2)15(18)12(4)19-14-9-7-13(8-10-14)11(3)17/h7-12,17H,5-6H2,1-4H3/t11-,12?/m0/s1. The summed E-state index contributed by atoms with van der Waals surface area (Å²) in [6.07, 6.45) is -0.999. The van der Waals surface area contributed by atoms with Crippen LogP contribution in [0.4, 0.5) is 0 Å². The predicted molar refractivity (Wildman–Crippen MR) is 75.1 cm³/mol. The van der Waals surface area contributed by atoms with E-state index in [4.69, 9.17) is 4.74 Å². The van der Waals surface area contributed by atoms with Crippen molar-refractivity contribution in [2.75, 3.05) is 13.1 Å². The van der Waals surface area contributed by atoms with Crippen LogP contribution in [0.15, 0.2) is 24.3 Å². The molecule has 0 aliphatic heterocycles. The molecule has 1 amide bonds. The molecule has 1 N–H and O–H groups in total. The van der Waals surface area contributed by atoms with E-state index in [2.05, 4.69) is 0 Å². The van der Waals surface area contributed by atoms with Crippen LogP contribution in [0, 0.1) is 0 Å². The normalized spacial score (nSPS) is 13.7. The zero-order valence-corrected chi connectivity index (χ0v) is 12.1. The van der Waals surface area contributed by atoms with E-state index >= 15 is 0 Å². The summed E-state index contributed by atoms with van der Waals surface area (Å²) in [6, 6.07) is 7.14. The summed E-state index contributed by atoms with van der Waals surface area (Å²) in [6.45, 7) is 8.73. The summed E-state index contributed by atoms with van der Waals surface area (Å²) < 4.78 is 5.62. The molecule has 0 radical (unpaired) electrons. The van der Waals surface area contributed by atoms with E-state index in [0.717, 1.165) is 5.56 Å². The predicted octanol–water partition coefficient (Wildman–Crippen LogP) is 2.38. The summed E-state index contributed by atoms with van der Waals surface area (Å²) in [5, 5.41) is 9.42. The van der Waals surface area contributed by atoms with E-state index in [0.29, 0.717) is 18.8 Å². The highest BCUT2D eigenvalue weighted by Gasteiger charge is 2.19. The van der Waals surface area contributed by atoms with Crippen molar-refractivity contribution in [2.45, 2.75) is 39.9 Å². The van der Waals surface area contributed by atoms with Crippen molar-refractivity contribution in [1.29, 1.82) is 0 Å². The summed E-state index contributed by atoms with van der Waals surface area (Å²) in [5.41, 5.74) is 0.829. The topological polar surface area (TPSA) is 49.8 Å². The van der Waals surface area contributed by atoms with Crippen molar-refractivity contribution in [3.8, 4) is 5.75 Å². The summed E-state index contributed by atoms with van der Waals surface area (Å²) >= 11 is 0. The summed E-state index contributed by atoms with van der Waals surface area (Å²) in [7, 11) is 0. The lowest BCUT2D eigenvalue weighted by molar-refractivity contribution is -0.137. The summed E-state index contributed by atoms with van der Waals surface area (Å²) in [4.78, 5) is 13.8. The molecule has 0 saturated heterocycles. The van der Waals surface area contributed by atoms with Crippen molar-refractivity contribution in [3.63, 3.8) is 0 Å². The molecule has 0 bridgehead atoms. The van der Waals surface area contributed by atoms with Gasteiger partial charge in [0.2, 0.25) is 0 Å². The lowest BCUT2D eigenvalue weighted by Crippen LogP contribution is -2.40. The third kappa shape index (κ3) is 4.24. The number of hydrogen-bond donors (Lipinski definition) is 1. The first-order chi connectivity index (χ1) is 8.99. The van der Waals surface area contributed by atoms with Gasteiger partial charge in [0.1, 0.15) is 5.75 Å². The monoisotopic (exact) mass is 265 g/mol. The Morgan fingerprint density at radius 3 is 2.16 bits per heavy atom. The number of aliphatic hydroxyl groups excluding tert-OH is 1. The van der Waals surface area contributed by atoms with Crippen molar-refractivity contribution in [3.05, 3.63) is 29.8 Å². The van der Waals surface area contributed by atoms with Gasteiger partial charge >= 0.3 is 0 Å². The first-order valence-corrected chi connectivity index (χ1v) is 6.73. The average molecular weight is 265 g/mol. The zero-order chi connectivity index (χ0) is 14.4. The molecular formula is C15H23NO3. The lowest BCUT2D eigenvalue weighted by Gasteiger charge is -2.23. The molecule has 0 aliphatic carbocycles. The van der Waals surface area contributed by atoms with Gasteiger partial charge in [-0.05, 0) is 45.4 Å². The Balaban J connectivity index is 2.66. The minimum atomic E-state index is -0.503. The fourth-order valence-corrected chi connectivity index (χ4v) is 1.87. The highest BCUT2D eigenvalue weighted by atomic mass is 16.5. The van der Waals surface area contributed by atoms with Crippen LogP contribution in [0.5, 0.6) is 5.75 Å². The van der Waals surface area contributed by atoms with Gasteiger partial charge < -0.3 is 14.7 Å². The molecular weight excluding hydrogens is 242 g/mol. The molecule has 4 heteroatoms. The van der Waals surface area contributed by atoms with Gasteiger partial charge in [0, 0.05) is 13.1 Å². The Bertz CT molecular complexity index is 396. The maximum atomic E-state index is 12.0. The van der Waals surface area contributed by atoms with Crippen molar-refractivity contribution in [1.82, 2.24) is 4.90 Å². The third-order valence-electron chi connectivity index (χ3n) is 3.10. The van der Waals surface area contributed by atoms with E-state index < -0.39 is 12.2 Å². The van der Waals surface area contributed by atoms with Gasteiger partial charge in [-0.1, -0.05) is 12.1 Å². The summed E-state index contributed by atoms with van der Waals surface area (Å²) in [5.74, 6) is 0.627. The fraction of sp³-hybridized carbons (Fsp3) is 0.533. The molecule has 1 rings (SSSR count). The van der Waals surface area contributed by atoms with Crippen LogP contribution in [0.25, 0.3) is 0 Å². The third-order valence-corrected chi connectivity index (χ3v) is 3.10. The van der Waals surface area contributed by atoms with E-state index in [1.54, 1.807) is 43.0 Å². The molecule has 0 aliphatic rings. The van der Waals surface area contributed by atoms with Crippen molar-refractivity contribution < 1.29 is 14.6 Å². The fourth-order valence-electron chi connectivity index (χ4n) is 1.87. The van der Waals surface area contributed by atoms with E-state index in [1.807, 2.05) is 13.8 Å². The Hall–Kier alpha value is -1.55. The van der Waals surface area contributed by atoms with Crippen LogP contribution in [0.1, 0.15) is 39.4 Å². The molecule has 0 heterocycles. The maximum Gasteiger partial charge on any atom is 0.263 e. The van der Waals surface area contributed by atoms with Gasteiger partial charge in [0.25, 0.3) is 5.91 Å². The van der Waals surface area contributed by atoms with Crippen LogP contribution in [0.3, 0.4) is 0 Å². The van der Waals surface area contributed by atoms with Crippen LogP contribution in [-0.4, -0.2) is 35.1 Å². The molecule has 0 spiro atoms. The number of hydrogen-bond acceptors (Lipinski definition) is 3. The highest BCUT2D eigenvalue weighted by molar-refractivity contribution is 5.80. The molecule has 1 aromatic carbocycles. The van der Waals surface area contributed by atoms with Gasteiger partial charge in [-0.2, -0.15) is 0 Å². The largest absolute Gasteiger partial charge is 0.481 e. The van der Waals surface area contributed by atoms with Gasteiger partial charge in [0.05, 0.1) is 6.10 Å². The molecule has 2 atom stereocenters. The minimum absolute atomic E-state index is 0.00963. The Kier molecular flexibility index (Phi) is 5.83. The second kappa shape index (κ2) is 7.14. The van der Waals surface area contributed by atoms with Crippen LogP contribution >= 0.6 is 0 Å². The van der Waals surface area contributed by atoms with E-state index in [9.17, 15) is 9.90 Å². The number of amides is 1. The molecule has 1 aromatic rings. The van der Waals surface area contributed by atoms with Gasteiger partial charge in [-0.3, -0.25) is 4.79 Å². The Morgan fingerprint density at radius 1 is 1.21 bits per heavy atom. The molecule has 0 saturated carbocycles. The van der Waals surface area contributed by atoms with Gasteiger partial charge in [-0.25, -0.2) is 0 Å². The Morgan fingerprint density at radius 2 is 1.74 bits per heavy atom. The molecule has 0 aromatic heterocycles. The van der Waals surface area contributed by atoms with Crippen LogP contribution < -0.4 is 4.74 Å². The average Bonchev–Trinajstić information content (AvgIpc) is 2.40. The quantitative estimate of drug-likeness (QED) is 0.859. The molecule has 106 valence electrons. The second-order valence-corrected chi connectivity index (χ2v) is 4.52. The van der Waals surface area contributed by atoms with Gasteiger partial charge in [-0.15, -0.1) is 0 Å². The number of nitrogens with zero attached hydrogens (tertiary/aromatic N) is 1. The number of carbonyl (C=O) groups excluding carboxylic acids is 1.